The van der Waals surface area contributed by atoms with E-state index in [1.807, 2.05) is 26.0 Å². The van der Waals surface area contributed by atoms with Crippen LogP contribution >= 0.6 is 0 Å². The lowest BCUT2D eigenvalue weighted by atomic mass is 10.0. The number of ether oxygens (including phenoxy) is 1. The average Bonchev–Trinajstić information content (AvgIpc) is 2.15. The normalized spacial score (nSPS) is 23.0. The Morgan fingerprint density at radius 1 is 1.62 bits per heavy atom. The van der Waals surface area contributed by atoms with Crippen LogP contribution in [-0.2, 0) is 9.53 Å². The Balaban J connectivity index is 2.60. The molecule has 72 valence electrons. The number of carbonyl (C=O) groups excluding carboxylic acids is 1. The van der Waals surface area contributed by atoms with Crippen LogP contribution in [-0.4, -0.2) is 12.4 Å². The van der Waals surface area contributed by atoms with Crippen molar-refractivity contribution in [3.63, 3.8) is 0 Å². The molecule has 1 unspecified atom stereocenters. The van der Waals surface area contributed by atoms with Crippen molar-refractivity contribution in [3.05, 3.63) is 24.0 Å². The Kier molecular flexibility index (Phi) is 3.74. The van der Waals surface area contributed by atoms with Crippen LogP contribution in [0.1, 0.15) is 26.7 Å². The lowest BCUT2D eigenvalue weighted by Crippen LogP contribution is -2.11. The lowest BCUT2D eigenvalue weighted by molar-refractivity contribution is -0.105. The van der Waals surface area contributed by atoms with Crippen molar-refractivity contribution in [1.82, 2.24) is 0 Å². The van der Waals surface area contributed by atoms with E-state index in [0.29, 0.717) is 0 Å². The highest BCUT2D eigenvalue weighted by atomic mass is 16.5. The molecule has 13 heavy (non-hydrogen) atoms. The molecule has 1 rings (SSSR count). The number of carbonyl (C=O) groups is 1. The highest BCUT2D eigenvalue weighted by molar-refractivity contribution is 5.73. The highest BCUT2D eigenvalue weighted by Gasteiger charge is 2.10. The van der Waals surface area contributed by atoms with E-state index in [1.54, 1.807) is 6.26 Å². The molecule has 0 aromatic rings. The maximum atomic E-state index is 10.7. The first-order valence-electron chi connectivity index (χ1n) is 4.71. The molecule has 0 aromatic heterocycles. The summed E-state index contributed by atoms with van der Waals surface area (Å²) < 4.78 is 5.34. The number of hydrogen-bond donors (Lipinski definition) is 0. The van der Waals surface area contributed by atoms with Gasteiger partial charge in [0.15, 0.2) is 0 Å². The fourth-order valence-electron chi connectivity index (χ4n) is 1.26. The van der Waals surface area contributed by atoms with Gasteiger partial charge in [-0.25, -0.2) is 0 Å². The minimum Gasteiger partial charge on any atom is -0.494 e. The van der Waals surface area contributed by atoms with E-state index < -0.39 is 0 Å². The monoisotopic (exact) mass is 180 g/mol. The van der Waals surface area contributed by atoms with Gasteiger partial charge in [0, 0.05) is 0 Å². The van der Waals surface area contributed by atoms with Gasteiger partial charge >= 0.3 is 0 Å². The third kappa shape index (κ3) is 3.05. The van der Waals surface area contributed by atoms with Gasteiger partial charge in [-0.3, -0.25) is 4.79 Å². The van der Waals surface area contributed by atoms with Crippen LogP contribution in [0.3, 0.4) is 0 Å². The summed E-state index contributed by atoms with van der Waals surface area (Å²) in [5, 5.41) is 0. The summed E-state index contributed by atoms with van der Waals surface area (Å²) in [4.78, 5) is 10.7. The van der Waals surface area contributed by atoms with Gasteiger partial charge in [-0.1, -0.05) is 13.8 Å². The molecule has 0 fully saturated rings. The van der Waals surface area contributed by atoms with E-state index in [9.17, 15) is 4.79 Å². The summed E-state index contributed by atoms with van der Waals surface area (Å²) in [6.45, 7) is 4.03. The van der Waals surface area contributed by atoms with E-state index in [2.05, 4.69) is 0 Å². The predicted molar refractivity (Wildman–Crippen MR) is 52.2 cm³/mol. The topological polar surface area (TPSA) is 26.3 Å². The van der Waals surface area contributed by atoms with E-state index in [1.165, 1.54) is 0 Å². The maximum absolute atomic E-state index is 10.7. The Hall–Kier alpha value is -1.05. The van der Waals surface area contributed by atoms with E-state index in [-0.39, 0.29) is 12.0 Å². The fourth-order valence-corrected chi connectivity index (χ4v) is 1.26. The molecule has 0 bridgehead atoms. The smallest absolute Gasteiger partial charge is 0.146 e. The van der Waals surface area contributed by atoms with Crippen LogP contribution in [0, 0.1) is 5.92 Å². The van der Waals surface area contributed by atoms with Gasteiger partial charge in [0.1, 0.15) is 12.4 Å². The third-order valence-corrected chi connectivity index (χ3v) is 2.15. The average molecular weight is 180 g/mol. The second-order valence-corrected chi connectivity index (χ2v) is 3.56. The molecule has 0 aromatic carbocycles. The predicted octanol–water partition coefficient (Wildman–Crippen LogP) is 2.46. The van der Waals surface area contributed by atoms with Crippen LogP contribution < -0.4 is 0 Å². The SMILES string of the molecule is CC(C)C(C=O)=CC1CCC=CO1. The minimum absolute atomic E-state index is 0.0904. The summed E-state index contributed by atoms with van der Waals surface area (Å²) in [6, 6.07) is 0. The largest absolute Gasteiger partial charge is 0.494 e. The van der Waals surface area contributed by atoms with Crippen molar-refractivity contribution in [3.8, 4) is 0 Å². The fraction of sp³-hybridized carbons (Fsp3) is 0.545. The van der Waals surface area contributed by atoms with Crippen LogP contribution in [0.5, 0.6) is 0 Å². The van der Waals surface area contributed by atoms with Crippen molar-refractivity contribution in [1.29, 1.82) is 0 Å². The van der Waals surface area contributed by atoms with Gasteiger partial charge in [0.2, 0.25) is 0 Å². The first kappa shape index (κ1) is 10.0. The third-order valence-electron chi connectivity index (χ3n) is 2.15. The van der Waals surface area contributed by atoms with Gasteiger partial charge in [0.05, 0.1) is 6.26 Å². The van der Waals surface area contributed by atoms with Crippen molar-refractivity contribution in [2.75, 3.05) is 0 Å². The molecular weight excluding hydrogens is 164 g/mol. The number of aldehydes is 1. The van der Waals surface area contributed by atoms with Crippen LogP contribution in [0.15, 0.2) is 24.0 Å². The molecule has 0 saturated heterocycles. The zero-order valence-electron chi connectivity index (χ0n) is 8.19. The van der Waals surface area contributed by atoms with Crippen molar-refractivity contribution in [2.45, 2.75) is 32.8 Å². The molecule has 1 atom stereocenters. The van der Waals surface area contributed by atoms with Crippen LogP contribution in [0.25, 0.3) is 0 Å². The molecule has 2 nitrogen and oxygen atoms in total. The molecule has 0 aliphatic carbocycles. The summed E-state index contributed by atoms with van der Waals surface area (Å²) in [6.07, 6.45) is 8.67. The summed E-state index contributed by atoms with van der Waals surface area (Å²) >= 11 is 0. The molecule has 0 N–H and O–H groups in total. The Morgan fingerprint density at radius 3 is 2.85 bits per heavy atom. The van der Waals surface area contributed by atoms with Gasteiger partial charge < -0.3 is 4.74 Å². The molecule has 2 heteroatoms. The summed E-state index contributed by atoms with van der Waals surface area (Å²) in [7, 11) is 0. The van der Waals surface area contributed by atoms with E-state index >= 15 is 0 Å². The summed E-state index contributed by atoms with van der Waals surface area (Å²) in [5.74, 6) is 0.284. The second-order valence-electron chi connectivity index (χ2n) is 3.56. The van der Waals surface area contributed by atoms with Crippen LogP contribution in [0.2, 0.25) is 0 Å². The number of hydrogen-bond acceptors (Lipinski definition) is 2. The van der Waals surface area contributed by atoms with Crippen molar-refractivity contribution in [2.24, 2.45) is 5.92 Å². The first-order valence-corrected chi connectivity index (χ1v) is 4.71. The molecule has 0 amide bonds. The zero-order chi connectivity index (χ0) is 9.68. The van der Waals surface area contributed by atoms with Gasteiger partial charge in [-0.05, 0) is 36.5 Å². The molecule has 1 aliphatic heterocycles. The standard InChI is InChI=1S/C11H16O2/c1-9(2)10(8-12)7-11-5-3-4-6-13-11/h4,6-9,11H,3,5H2,1-2H3. The molecule has 0 saturated carbocycles. The number of rotatable bonds is 3. The summed E-state index contributed by atoms with van der Waals surface area (Å²) in [5.41, 5.74) is 0.834. The van der Waals surface area contributed by atoms with Gasteiger partial charge in [0.25, 0.3) is 0 Å². The molecule has 0 radical (unpaired) electrons. The van der Waals surface area contributed by atoms with Crippen molar-refractivity contribution >= 4 is 6.29 Å². The Labute approximate surface area is 79.3 Å². The van der Waals surface area contributed by atoms with Crippen LogP contribution in [0.4, 0.5) is 0 Å². The Morgan fingerprint density at radius 2 is 2.38 bits per heavy atom. The van der Waals surface area contributed by atoms with Gasteiger partial charge in [-0.15, -0.1) is 0 Å². The quantitative estimate of drug-likeness (QED) is 0.492. The highest BCUT2D eigenvalue weighted by Crippen LogP contribution is 2.15. The first-order chi connectivity index (χ1) is 6.24. The molecule has 0 spiro atoms. The Bertz CT molecular complexity index is 226. The molecular formula is C11H16O2. The van der Waals surface area contributed by atoms with E-state index in [4.69, 9.17) is 4.74 Å². The molecule has 1 aliphatic rings. The minimum atomic E-state index is 0.0904. The van der Waals surface area contributed by atoms with Crippen molar-refractivity contribution < 1.29 is 9.53 Å². The van der Waals surface area contributed by atoms with Gasteiger partial charge in [-0.2, -0.15) is 0 Å². The number of allylic oxidation sites excluding steroid dienone is 2. The maximum Gasteiger partial charge on any atom is 0.146 e. The zero-order valence-corrected chi connectivity index (χ0v) is 8.19. The second kappa shape index (κ2) is 4.85. The molecule has 1 heterocycles. The van der Waals surface area contributed by atoms with E-state index in [0.717, 1.165) is 24.7 Å². The lowest BCUT2D eigenvalue weighted by Gasteiger charge is -2.17.